The highest BCUT2D eigenvalue weighted by molar-refractivity contribution is 5.81. The van der Waals surface area contributed by atoms with E-state index in [0.29, 0.717) is 28.2 Å². The van der Waals surface area contributed by atoms with E-state index in [9.17, 15) is 10.2 Å². The summed E-state index contributed by atoms with van der Waals surface area (Å²) in [4.78, 5) is 9.01. The van der Waals surface area contributed by atoms with Gasteiger partial charge in [-0.3, -0.25) is 4.57 Å². The molecule has 4 aromatic rings. The minimum absolute atomic E-state index is 0.00970. The Labute approximate surface area is 137 Å². The van der Waals surface area contributed by atoms with Crippen molar-refractivity contribution in [3.05, 3.63) is 60.8 Å². The van der Waals surface area contributed by atoms with E-state index in [-0.39, 0.29) is 11.5 Å². The van der Waals surface area contributed by atoms with Crippen molar-refractivity contribution in [3.63, 3.8) is 0 Å². The standard InChI is InChI=1S/C18H14N4O2/c19-11-3-5-12(6-4-11)22-17(14-8-7-13(23)10-16(14)24)21-15-2-1-9-20-18(15)22/h1-10,23-24H,19H2. The van der Waals surface area contributed by atoms with Gasteiger partial charge in [0, 0.05) is 23.6 Å². The van der Waals surface area contributed by atoms with Gasteiger partial charge in [0.15, 0.2) is 11.5 Å². The Morgan fingerprint density at radius 2 is 1.75 bits per heavy atom. The van der Waals surface area contributed by atoms with Gasteiger partial charge in [0.05, 0.1) is 5.56 Å². The molecule has 2 aromatic heterocycles. The molecular formula is C18H14N4O2. The minimum atomic E-state index is -0.0537. The highest BCUT2D eigenvalue weighted by atomic mass is 16.3. The second-order valence-corrected chi connectivity index (χ2v) is 5.41. The summed E-state index contributed by atoms with van der Waals surface area (Å²) >= 11 is 0. The van der Waals surface area contributed by atoms with Gasteiger partial charge in [-0.05, 0) is 48.5 Å². The molecule has 0 bridgehead atoms. The molecule has 24 heavy (non-hydrogen) atoms. The molecule has 6 heteroatoms. The Bertz CT molecular complexity index is 1040. The van der Waals surface area contributed by atoms with Crippen LogP contribution in [0.15, 0.2) is 60.8 Å². The molecule has 0 radical (unpaired) electrons. The number of imidazole rings is 1. The lowest BCUT2D eigenvalue weighted by molar-refractivity contribution is 0.451. The molecule has 0 aliphatic rings. The van der Waals surface area contributed by atoms with Gasteiger partial charge in [-0.25, -0.2) is 9.97 Å². The van der Waals surface area contributed by atoms with Gasteiger partial charge in [-0.15, -0.1) is 0 Å². The molecule has 0 amide bonds. The van der Waals surface area contributed by atoms with Crippen molar-refractivity contribution < 1.29 is 10.2 Å². The lowest BCUT2D eigenvalue weighted by Crippen LogP contribution is -1.99. The summed E-state index contributed by atoms with van der Waals surface area (Å²) in [6.07, 6.45) is 1.69. The summed E-state index contributed by atoms with van der Waals surface area (Å²) in [7, 11) is 0. The number of fused-ring (bicyclic) bond motifs is 1. The first-order valence-corrected chi connectivity index (χ1v) is 7.35. The Hall–Kier alpha value is -3.54. The number of nitrogens with two attached hydrogens (primary N) is 1. The Kier molecular flexibility index (Phi) is 3.09. The molecule has 0 aliphatic carbocycles. The van der Waals surface area contributed by atoms with Gasteiger partial charge >= 0.3 is 0 Å². The SMILES string of the molecule is Nc1ccc(-n2c(-c3ccc(O)cc3O)nc3cccnc32)cc1. The molecule has 4 rings (SSSR count). The second kappa shape index (κ2) is 5.27. The first kappa shape index (κ1) is 14.1. The molecule has 2 heterocycles. The van der Waals surface area contributed by atoms with Crippen LogP contribution in [0.5, 0.6) is 11.5 Å². The molecular weight excluding hydrogens is 304 g/mol. The molecule has 0 atom stereocenters. The van der Waals surface area contributed by atoms with E-state index in [4.69, 9.17) is 5.73 Å². The number of rotatable bonds is 2. The number of phenolic OH excluding ortho intramolecular Hbond substituents is 2. The van der Waals surface area contributed by atoms with E-state index in [1.54, 1.807) is 24.4 Å². The topological polar surface area (TPSA) is 97.2 Å². The van der Waals surface area contributed by atoms with Crippen LogP contribution in [0.2, 0.25) is 0 Å². The van der Waals surface area contributed by atoms with E-state index in [1.807, 2.05) is 28.8 Å². The fourth-order valence-corrected chi connectivity index (χ4v) is 2.67. The van der Waals surface area contributed by atoms with Crippen molar-refractivity contribution >= 4 is 16.9 Å². The van der Waals surface area contributed by atoms with Crippen molar-refractivity contribution in [1.82, 2.24) is 14.5 Å². The molecule has 0 fully saturated rings. The summed E-state index contributed by atoms with van der Waals surface area (Å²) in [5.41, 5.74) is 9.14. The van der Waals surface area contributed by atoms with Crippen LogP contribution < -0.4 is 5.73 Å². The number of phenols is 2. The maximum absolute atomic E-state index is 10.2. The van der Waals surface area contributed by atoms with Gasteiger partial charge in [0.2, 0.25) is 0 Å². The van der Waals surface area contributed by atoms with Crippen molar-refractivity contribution in [2.45, 2.75) is 0 Å². The van der Waals surface area contributed by atoms with E-state index in [0.717, 1.165) is 5.69 Å². The molecule has 0 saturated carbocycles. The maximum atomic E-state index is 10.2. The number of aromatic hydroxyl groups is 2. The summed E-state index contributed by atoms with van der Waals surface area (Å²) in [6.45, 7) is 0. The number of benzene rings is 2. The van der Waals surface area contributed by atoms with Crippen molar-refractivity contribution in [1.29, 1.82) is 0 Å². The monoisotopic (exact) mass is 318 g/mol. The third-order valence-electron chi connectivity index (χ3n) is 3.79. The first-order valence-electron chi connectivity index (χ1n) is 7.35. The van der Waals surface area contributed by atoms with E-state index in [1.165, 1.54) is 12.1 Å². The predicted molar refractivity (Wildman–Crippen MR) is 92.0 cm³/mol. The van der Waals surface area contributed by atoms with Crippen molar-refractivity contribution in [2.75, 3.05) is 5.73 Å². The molecule has 4 N–H and O–H groups in total. The van der Waals surface area contributed by atoms with Crippen LogP contribution in [-0.2, 0) is 0 Å². The molecule has 2 aromatic carbocycles. The van der Waals surface area contributed by atoms with Crippen molar-refractivity contribution in [2.24, 2.45) is 0 Å². The summed E-state index contributed by atoms with van der Waals surface area (Å²) in [5.74, 6) is 0.470. The van der Waals surface area contributed by atoms with E-state index >= 15 is 0 Å². The molecule has 0 spiro atoms. The van der Waals surface area contributed by atoms with E-state index in [2.05, 4.69) is 9.97 Å². The Morgan fingerprint density at radius 1 is 0.958 bits per heavy atom. The first-order chi connectivity index (χ1) is 11.6. The zero-order valence-electron chi connectivity index (χ0n) is 12.6. The van der Waals surface area contributed by atoms with Crippen molar-refractivity contribution in [3.8, 4) is 28.6 Å². The highest BCUT2D eigenvalue weighted by Crippen LogP contribution is 2.34. The second-order valence-electron chi connectivity index (χ2n) is 5.41. The zero-order valence-corrected chi connectivity index (χ0v) is 12.6. The van der Waals surface area contributed by atoms with Crippen LogP contribution in [0.25, 0.3) is 28.2 Å². The summed E-state index contributed by atoms with van der Waals surface area (Å²) in [5, 5.41) is 19.8. The van der Waals surface area contributed by atoms with Gasteiger partial charge in [-0.2, -0.15) is 0 Å². The number of aromatic nitrogens is 3. The summed E-state index contributed by atoms with van der Waals surface area (Å²) in [6, 6.07) is 15.4. The average molecular weight is 318 g/mol. The fraction of sp³-hybridized carbons (Fsp3) is 0. The van der Waals surface area contributed by atoms with Crippen LogP contribution in [0.4, 0.5) is 5.69 Å². The lowest BCUT2D eigenvalue weighted by atomic mass is 10.1. The number of hydrogen-bond donors (Lipinski definition) is 3. The number of hydrogen-bond acceptors (Lipinski definition) is 5. The fourth-order valence-electron chi connectivity index (χ4n) is 2.67. The molecule has 0 saturated heterocycles. The van der Waals surface area contributed by atoms with Crippen LogP contribution in [0, 0.1) is 0 Å². The van der Waals surface area contributed by atoms with E-state index < -0.39 is 0 Å². The van der Waals surface area contributed by atoms with Crippen LogP contribution in [-0.4, -0.2) is 24.7 Å². The number of nitrogens with zero attached hydrogens (tertiary/aromatic N) is 3. The largest absolute Gasteiger partial charge is 0.508 e. The highest BCUT2D eigenvalue weighted by Gasteiger charge is 2.17. The third kappa shape index (κ3) is 2.21. The average Bonchev–Trinajstić information content (AvgIpc) is 2.95. The predicted octanol–water partition coefficient (Wildman–Crippen LogP) is 3.08. The molecule has 118 valence electrons. The lowest BCUT2D eigenvalue weighted by Gasteiger charge is -2.10. The van der Waals surface area contributed by atoms with Crippen LogP contribution >= 0.6 is 0 Å². The molecule has 0 unspecified atom stereocenters. The minimum Gasteiger partial charge on any atom is -0.508 e. The molecule has 6 nitrogen and oxygen atoms in total. The summed E-state index contributed by atoms with van der Waals surface area (Å²) < 4.78 is 1.85. The van der Waals surface area contributed by atoms with Gasteiger partial charge in [-0.1, -0.05) is 0 Å². The van der Waals surface area contributed by atoms with Crippen LogP contribution in [0.3, 0.4) is 0 Å². The van der Waals surface area contributed by atoms with Crippen LogP contribution in [0.1, 0.15) is 0 Å². The smallest absolute Gasteiger partial charge is 0.164 e. The number of anilines is 1. The van der Waals surface area contributed by atoms with Gasteiger partial charge in [0.25, 0.3) is 0 Å². The third-order valence-corrected chi connectivity index (χ3v) is 3.79. The Morgan fingerprint density at radius 3 is 2.50 bits per heavy atom. The Balaban J connectivity index is 2.05. The van der Waals surface area contributed by atoms with Gasteiger partial charge < -0.3 is 15.9 Å². The molecule has 0 aliphatic heterocycles. The number of nitrogen functional groups attached to an aromatic ring is 1. The van der Waals surface area contributed by atoms with Gasteiger partial charge in [0.1, 0.15) is 17.0 Å². The quantitative estimate of drug-likeness (QED) is 0.493. The maximum Gasteiger partial charge on any atom is 0.164 e. The normalized spacial score (nSPS) is 11.0. The zero-order chi connectivity index (χ0) is 16.7. The number of pyridine rings is 1.